The summed E-state index contributed by atoms with van der Waals surface area (Å²) in [7, 11) is 1.05. The van der Waals surface area contributed by atoms with Crippen LogP contribution in [-0.2, 0) is 4.79 Å². The first-order valence-corrected chi connectivity index (χ1v) is 11.2. The predicted molar refractivity (Wildman–Crippen MR) is 103 cm³/mol. The zero-order chi connectivity index (χ0) is 17.6. The van der Waals surface area contributed by atoms with Gasteiger partial charge in [0, 0.05) is 35.9 Å². The maximum atomic E-state index is 13.1. The summed E-state index contributed by atoms with van der Waals surface area (Å²) in [4.78, 5) is 23.6. The Morgan fingerprint density at radius 2 is 2.20 bits per heavy atom. The molecule has 5 unspecified atom stereocenters. The van der Waals surface area contributed by atoms with Crippen LogP contribution in [0.4, 0.5) is 0 Å². The molecule has 1 saturated heterocycles. The SMILES string of the molecule is C=PCC(C)C(=O)N1C(c2ncc(C3CCCCC3)[nH]2)CC2C(C)C21. The summed E-state index contributed by atoms with van der Waals surface area (Å²) >= 11 is 0. The minimum atomic E-state index is 0.0565. The molecule has 0 spiro atoms. The number of nitrogens with one attached hydrogen (secondary N) is 1. The van der Waals surface area contributed by atoms with Gasteiger partial charge in [-0.25, -0.2) is 4.98 Å². The van der Waals surface area contributed by atoms with Gasteiger partial charge in [-0.2, -0.15) is 0 Å². The Bertz CT molecular complexity index is 651. The molecule has 3 fully saturated rings. The Balaban J connectivity index is 1.53. The highest BCUT2D eigenvalue weighted by atomic mass is 31.1. The van der Waals surface area contributed by atoms with Crippen molar-refractivity contribution < 1.29 is 4.79 Å². The molecule has 1 N–H and O–H groups in total. The van der Waals surface area contributed by atoms with Crippen LogP contribution in [0.2, 0.25) is 0 Å². The van der Waals surface area contributed by atoms with Gasteiger partial charge in [-0.05, 0) is 31.1 Å². The standard InChI is InChI=1S/C20H30N3OP/c1-12(11-25-3)20(24)23-17(9-15-13(2)18(15)23)19-21-10-16(22-19)14-7-5-4-6-8-14/h10,12-15,17-18H,3-9,11H2,1-2H3,(H,21,22). The summed E-state index contributed by atoms with van der Waals surface area (Å²) in [5, 5.41) is 0. The molecule has 5 heteroatoms. The molecule has 1 aromatic heterocycles. The Hall–Kier alpha value is -1.15. The van der Waals surface area contributed by atoms with Crippen LogP contribution in [0.1, 0.15) is 75.9 Å². The van der Waals surface area contributed by atoms with Crippen molar-refractivity contribution in [1.29, 1.82) is 0 Å². The van der Waals surface area contributed by atoms with Gasteiger partial charge >= 0.3 is 0 Å². The van der Waals surface area contributed by atoms with Gasteiger partial charge in [-0.1, -0.05) is 39.4 Å². The van der Waals surface area contributed by atoms with Gasteiger partial charge in [0.2, 0.25) is 5.91 Å². The van der Waals surface area contributed by atoms with Crippen molar-refractivity contribution in [3.05, 3.63) is 17.7 Å². The summed E-state index contributed by atoms with van der Waals surface area (Å²) in [6.45, 7) is 4.33. The van der Waals surface area contributed by atoms with Crippen LogP contribution in [-0.4, -0.2) is 39.3 Å². The molecule has 3 aliphatic rings. The fourth-order valence-corrected chi connectivity index (χ4v) is 5.67. The summed E-state index contributed by atoms with van der Waals surface area (Å²) in [6.07, 6.45) is 14.4. The molecule has 1 aromatic rings. The van der Waals surface area contributed by atoms with Gasteiger partial charge in [0.1, 0.15) is 5.82 Å². The lowest BCUT2D eigenvalue weighted by molar-refractivity contribution is -0.136. The Kier molecular flexibility index (Phi) is 4.75. The number of aromatic nitrogens is 2. The summed E-state index contributed by atoms with van der Waals surface area (Å²) in [6, 6.07) is 0.588. The minimum absolute atomic E-state index is 0.0565. The summed E-state index contributed by atoms with van der Waals surface area (Å²) < 4.78 is 0. The third-order valence-electron chi connectivity index (χ3n) is 6.72. The number of hydrogen-bond donors (Lipinski definition) is 1. The average Bonchev–Trinajstić information content (AvgIpc) is 3.04. The van der Waals surface area contributed by atoms with Crippen LogP contribution < -0.4 is 0 Å². The van der Waals surface area contributed by atoms with E-state index >= 15 is 0 Å². The van der Waals surface area contributed by atoms with Crippen LogP contribution in [0.3, 0.4) is 0 Å². The molecule has 0 bridgehead atoms. The van der Waals surface area contributed by atoms with Gasteiger partial charge in [-0.15, -0.1) is 8.20 Å². The lowest BCUT2D eigenvalue weighted by Gasteiger charge is -2.30. The number of H-pyrrole nitrogens is 1. The molecular weight excluding hydrogens is 329 g/mol. The highest BCUT2D eigenvalue weighted by molar-refractivity contribution is 7.36. The first-order valence-electron chi connectivity index (χ1n) is 9.91. The molecule has 2 aliphatic carbocycles. The molecule has 25 heavy (non-hydrogen) atoms. The largest absolute Gasteiger partial charge is 0.344 e. The normalized spacial score (nSPS) is 33.4. The molecule has 2 saturated carbocycles. The van der Waals surface area contributed by atoms with E-state index in [1.165, 1.54) is 37.8 Å². The van der Waals surface area contributed by atoms with Gasteiger partial charge in [0.05, 0.1) is 6.04 Å². The molecule has 5 atom stereocenters. The molecule has 1 aliphatic heterocycles. The summed E-state index contributed by atoms with van der Waals surface area (Å²) in [5.74, 6) is 3.33. The van der Waals surface area contributed by atoms with Crippen molar-refractivity contribution in [2.24, 2.45) is 17.8 Å². The highest BCUT2D eigenvalue weighted by Gasteiger charge is 2.61. The molecule has 2 heterocycles. The number of piperidine rings is 1. The Morgan fingerprint density at radius 1 is 1.44 bits per heavy atom. The van der Waals surface area contributed by atoms with Crippen molar-refractivity contribution in [3.8, 4) is 0 Å². The van der Waals surface area contributed by atoms with E-state index in [-0.39, 0.29) is 12.0 Å². The molecular formula is C20H30N3OP. The van der Waals surface area contributed by atoms with Gasteiger partial charge in [-0.3, -0.25) is 4.79 Å². The van der Waals surface area contributed by atoms with Crippen molar-refractivity contribution >= 4 is 20.4 Å². The van der Waals surface area contributed by atoms with E-state index in [1.54, 1.807) is 0 Å². The van der Waals surface area contributed by atoms with Crippen LogP contribution in [0.5, 0.6) is 0 Å². The van der Waals surface area contributed by atoms with Gasteiger partial charge in [0.25, 0.3) is 0 Å². The number of carbonyl (C=O) groups excluding carboxylic acids is 1. The van der Waals surface area contributed by atoms with E-state index in [1.807, 2.05) is 13.1 Å². The molecule has 0 radical (unpaired) electrons. The molecule has 1 amide bonds. The number of hydrogen-bond acceptors (Lipinski definition) is 2. The fourth-order valence-electron chi connectivity index (χ4n) is 5.13. The quantitative estimate of drug-likeness (QED) is 0.793. The van der Waals surface area contributed by atoms with E-state index in [2.05, 4.69) is 23.1 Å². The number of imidazole rings is 1. The zero-order valence-corrected chi connectivity index (χ0v) is 16.3. The zero-order valence-electron chi connectivity index (χ0n) is 15.4. The predicted octanol–water partition coefficient (Wildman–Crippen LogP) is 4.38. The van der Waals surface area contributed by atoms with Crippen molar-refractivity contribution in [3.63, 3.8) is 0 Å². The van der Waals surface area contributed by atoms with E-state index in [4.69, 9.17) is 4.98 Å². The van der Waals surface area contributed by atoms with Crippen LogP contribution in [0.15, 0.2) is 6.20 Å². The first-order chi connectivity index (χ1) is 12.1. The van der Waals surface area contributed by atoms with E-state index < -0.39 is 0 Å². The van der Waals surface area contributed by atoms with Crippen LogP contribution >= 0.6 is 8.20 Å². The minimum Gasteiger partial charge on any atom is -0.344 e. The van der Waals surface area contributed by atoms with Crippen molar-refractivity contribution in [2.45, 2.75) is 70.4 Å². The van der Waals surface area contributed by atoms with Crippen LogP contribution in [0.25, 0.3) is 0 Å². The fraction of sp³-hybridized carbons (Fsp3) is 0.750. The Morgan fingerprint density at radius 3 is 2.92 bits per heavy atom. The van der Waals surface area contributed by atoms with Gasteiger partial charge < -0.3 is 9.88 Å². The molecule has 136 valence electrons. The van der Waals surface area contributed by atoms with Gasteiger partial charge in [0.15, 0.2) is 0 Å². The maximum absolute atomic E-state index is 13.1. The van der Waals surface area contributed by atoms with E-state index in [0.717, 1.165) is 26.6 Å². The second kappa shape index (κ2) is 6.87. The van der Waals surface area contributed by atoms with Crippen molar-refractivity contribution in [2.75, 3.05) is 6.16 Å². The lowest BCUT2D eigenvalue weighted by Crippen LogP contribution is -2.39. The molecule has 4 nitrogen and oxygen atoms in total. The second-order valence-electron chi connectivity index (χ2n) is 8.38. The number of rotatable bonds is 5. The third kappa shape index (κ3) is 3.07. The summed E-state index contributed by atoms with van der Waals surface area (Å²) in [5.41, 5.74) is 1.29. The topological polar surface area (TPSA) is 49.0 Å². The number of carbonyl (C=O) groups is 1. The number of nitrogens with zero attached hydrogens (tertiary/aromatic N) is 2. The molecule has 0 aromatic carbocycles. The Labute approximate surface area is 152 Å². The third-order valence-corrected chi connectivity index (χ3v) is 7.52. The molecule has 4 rings (SSSR count). The second-order valence-corrected chi connectivity index (χ2v) is 9.19. The number of aromatic amines is 1. The maximum Gasteiger partial charge on any atom is 0.226 e. The smallest absolute Gasteiger partial charge is 0.226 e. The van der Waals surface area contributed by atoms with Crippen LogP contribution in [0, 0.1) is 17.8 Å². The van der Waals surface area contributed by atoms with E-state index in [0.29, 0.717) is 29.7 Å². The monoisotopic (exact) mass is 359 g/mol. The average molecular weight is 359 g/mol. The number of amides is 1. The highest BCUT2D eigenvalue weighted by Crippen LogP contribution is 2.57. The number of likely N-dealkylation sites (tertiary alicyclic amines) is 1. The van der Waals surface area contributed by atoms with Crippen molar-refractivity contribution in [1.82, 2.24) is 14.9 Å². The number of fused-ring (bicyclic) bond motifs is 1. The lowest BCUT2D eigenvalue weighted by atomic mass is 9.87. The first kappa shape index (κ1) is 17.3. The van der Waals surface area contributed by atoms with E-state index in [9.17, 15) is 4.79 Å².